The van der Waals surface area contributed by atoms with Gasteiger partial charge in [0.25, 0.3) is 5.69 Å². The van der Waals surface area contributed by atoms with Crippen LogP contribution in [0.3, 0.4) is 0 Å². The summed E-state index contributed by atoms with van der Waals surface area (Å²) < 4.78 is 0. The minimum atomic E-state index is -0.400. The van der Waals surface area contributed by atoms with Gasteiger partial charge in [-0.3, -0.25) is 10.1 Å². The summed E-state index contributed by atoms with van der Waals surface area (Å²) in [4.78, 5) is 10.3. The highest BCUT2D eigenvalue weighted by atomic mass is 16.6. The third-order valence-corrected chi connectivity index (χ3v) is 1.96. The van der Waals surface area contributed by atoms with Crippen LogP contribution >= 0.6 is 0 Å². The summed E-state index contributed by atoms with van der Waals surface area (Å²) >= 11 is 0. The molecule has 0 aromatic heterocycles. The molecule has 0 aliphatic carbocycles. The maximum absolute atomic E-state index is 10.7. The Morgan fingerprint density at radius 1 is 1.60 bits per heavy atom. The van der Waals surface area contributed by atoms with E-state index in [2.05, 4.69) is 5.32 Å². The second-order valence-electron chi connectivity index (χ2n) is 3.64. The van der Waals surface area contributed by atoms with Crippen LogP contribution in [0.4, 0.5) is 11.4 Å². The molecule has 0 radical (unpaired) electrons. The molecule has 1 aromatic rings. The van der Waals surface area contributed by atoms with E-state index in [1.165, 1.54) is 6.07 Å². The maximum atomic E-state index is 10.7. The third kappa shape index (κ3) is 3.21. The van der Waals surface area contributed by atoms with E-state index in [4.69, 9.17) is 5.73 Å². The monoisotopic (exact) mass is 209 g/mol. The van der Waals surface area contributed by atoms with Crippen LogP contribution in [0.5, 0.6) is 0 Å². The van der Waals surface area contributed by atoms with Gasteiger partial charge in [-0.2, -0.15) is 0 Å². The van der Waals surface area contributed by atoms with Crippen molar-refractivity contribution < 1.29 is 4.92 Å². The van der Waals surface area contributed by atoms with Crippen molar-refractivity contribution in [1.82, 2.24) is 0 Å². The fourth-order valence-corrected chi connectivity index (χ4v) is 1.22. The van der Waals surface area contributed by atoms with Gasteiger partial charge in [0.1, 0.15) is 5.69 Å². The van der Waals surface area contributed by atoms with Gasteiger partial charge in [-0.05, 0) is 25.5 Å². The van der Waals surface area contributed by atoms with Gasteiger partial charge in [-0.15, -0.1) is 0 Å². The lowest BCUT2D eigenvalue weighted by Crippen LogP contribution is -2.25. The largest absolute Gasteiger partial charge is 0.378 e. The molecule has 0 amide bonds. The summed E-state index contributed by atoms with van der Waals surface area (Å²) in [5.41, 5.74) is 7.16. The topological polar surface area (TPSA) is 81.2 Å². The van der Waals surface area contributed by atoms with Crippen molar-refractivity contribution in [1.29, 1.82) is 0 Å². The molecular weight excluding hydrogens is 194 g/mol. The van der Waals surface area contributed by atoms with E-state index >= 15 is 0 Å². The summed E-state index contributed by atoms with van der Waals surface area (Å²) in [6, 6.07) is 4.93. The molecule has 0 bridgehead atoms. The van der Waals surface area contributed by atoms with Crippen molar-refractivity contribution in [3.05, 3.63) is 33.9 Å². The highest BCUT2D eigenvalue weighted by Crippen LogP contribution is 2.24. The van der Waals surface area contributed by atoms with E-state index in [0.29, 0.717) is 12.2 Å². The SMILES string of the molecule is Cc1ccc([N+](=O)[O-])c(NCC(C)N)c1. The van der Waals surface area contributed by atoms with Crippen LogP contribution in [0, 0.1) is 17.0 Å². The summed E-state index contributed by atoms with van der Waals surface area (Å²) in [5, 5.41) is 13.7. The van der Waals surface area contributed by atoms with E-state index in [1.807, 2.05) is 13.8 Å². The smallest absolute Gasteiger partial charge is 0.292 e. The fourth-order valence-electron chi connectivity index (χ4n) is 1.22. The highest BCUT2D eigenvalue weighted by Gasteiger charge is 2.12. The molecule has 3 N–H and O–H groups in total. The number of rotatable bonds is 4. The van der Waals surface area contributed by atoms with Crippen molar-refractivity contribution in [2.24, 2.45) is 5.73 Å². The number of nitro benzene ring substituents is 1. The van der Waals surface area contributed by atoms with Gasteiger partial charge in [-0.1, -0.05) is 6.07 Å². The van der Waals surface area contributed by atoms with E-state index in [1.54, 1.807) is 12.1 Å². The quantitative estimate of drug-likeness (QED) is 0.583. The van der Waals surface area contributed by atoms with Gasteiger partial charge in [-0.25, -0.2) is 0 Å². The lowest BCUT2D eigenvalue weighted by atomic mass is 10.2. The van der Waals surface area contributed by atoms with Gasteiger partial charge in [0.05, 0.1) is 4.92 Å². The van der Waals surface area contributed by atoms with Crippen LogP contribution < -0.4 is 11.1 Å². The molecule has 15 heavy (non-hydrogen) atoms. The molecule has 0 heterocycles. The Hall–Kier alpha value is -1.62. The average molecular weight is 209 g/mol. The number of nitrogens with one attached hydrogen (secondary N) is 1. The van der Waals surface area contributed by atoms with E-state index < -0.39 is 4.92 Å². The first-order valence-electron chi connectivity index (χ1n) is 4.75. The summed E-state index contributed by atoms with van der Waals surface area (Å²) in [6.07, 6.45) is 0. The number of benzene rings is 1. The molecule has 82 valence electrons. The number of nitrogens with two attached hydrogens (primary N) is 1. The Morgan fingerprint density at radius 3 is 2.80 bits per heavy atom. The van der Waals surface area contributed by atoms with E-state index in [-0.39, 0.29) is 11.7 Å². The van der Waals surface area contributed by atoms with Gasteiger partial charge < -0.3 is 11.1 Å². The van der Waals surface area contributed by atoms with Crippen LogP contribution in [0.2, 0.25) is 0 Å². The number of aryl methyl sites for hydroxylation is 1. The van der Waals surface area contributed by atoms with Crippen molar-refractivity contribution in [2.75, 3.05) is 11.9 Å². The molecule has 1 unspecified atom stereocenters. The zero-order chi connectivity index (χ0) is 11.4. The Balaban J connectivity index is 2.92. The van der Waals surface area contributed by atoms with Gasteiger partial charge in [0.2, 0.25) is 0 Å². The first kappa shape index (κ1) is 11.5. The van der Waals surface area contributed by atoms with Gasteiger partial charge >= 0.3 is 0 Å². The van der Waals surface area contributed by atoms with E-state index in [9.17, 15) is 10.1 Å². The Labute approximate surface area is 88.4 Å². The zero-order valence-corrected chi connectivity index (χ0v) is 8.86. The maximum Gasteiger partial charge on any atom is 0.292 e. The Bertz CT molecular complexity index is 364. The fraction of sp³-hybridized carbons (Fsp3) is 0.400. The first-order valence-corrected chi connectivity index (χ1v) is 4.75. The summed E-state index contributed by atoms with van der Waals surface area (Å²) in [6.45, 7) is 4.25. The molecular formula is C10H15N3O2. The molecule has 0 saturated heterocycles. The average Bonchev–Trinajstić information content (AvgIpc) is 2.14. The van der Waals surface area contributed by atoms with Crippen LogP contribution in [0.15, 0.2) is 18.2 Å². The summed E-state index contributed by atoms with van der Waals surface area (Å²) in [7, 11) is 0. The molecule has 0 saturated carbocycles. The van der Waals surface area contributed by atoms with Crippen molar-refractivity contribution in [3.63, 3.8) is 0 Å². The lowest BCUT2D eigenvalue weighted by Gasteiger charge is -2.09. The van der Waals surface area contributed by atoms with Gasteiger partial charge in [0.15, 0.2) is 0 Å². The predicted molar refractivity (Wildman–Crippen MR) is 60.0 cm³/mol. The Kier molecular flexibility index (Phi) is 3.62. The molecule has 0 aliphatic heterocycles. The predicted octanol–water partition coefficient (Wildman–Crippen LogP) is 1.66. The van der Waals surface area contributed by atoms with Crippen LogP contribution in [0.25, 0.3) is 0 Å². The molecule has 1 aromatic carbocycles. The van der Waals surface area contributed by atoms with Gasteiger partial charge in [0, 0.05) is 18.7 Å². The molecule has 1 rings (SSSR count). The first-order chi connectivity index (χ1) is 7.00. The molecule has 5 heteroatoms. The molecule has 0 fully saturated rings. The zero-order valence-electron chi connectivity index (χ0n) is 8.86. The summed E-state index contributed by atoms with van der Waals surface area (Å²) in [5.74, 6) is 0. The number of nitro groups is 1. The van der Waals surface area contributed by atoms with E-state index in [0.717, 1.165) is 5.56 Å². The molecule has 0 spiro atoms. The number of nitrogens with zero attached hydrogens (tertiary/aromatic N) is 1. The number of anilines is 1. The van der Waals surface area contributed by atoms with Crippen molar-refractivity contribution in [2.45, 2.75) is 19.9 Å². The second-order valence-corrected chi connectivity index (χ2v) is 3.64. The molecule has 1 atom stereocenters. The minimum absolute atomic E-state index is 0.0369. The normalized spacial score (nSPS) is 12.2. The van der Waals surface area contributed by atoms with Crippen molar-refractivity contribution >= 4 is 11.4 Å². The highest BCUT2D eigenvalue weighted by molar-refractivity contribution is 5.62. The molecule has 5 nitrogen and oxygen atoms in total. The number of hydrogen-bond acceptors (Lipinski definition) is 4. The van der Waals surface area contributed by atoms with Crippen LogP contribution in [-0.2, 0) is 0 Å². The standard InChI is InChI=1S/C10H15N3O2/c1-7-3-4-10(13(14)15)9(5-7)12-6-8(2)11/h3-5,8,12H,6,11H2,1-2H3. The molecule has 0 aliphatic rings. The third-order valence-electron chi connectivity index (χ3n) is 1.96. The lowest BCUT2D eigenvalue weighted by molar-refractivity contribution is -0.384. The van der Waals surface area contributed by atoms with Crippen LogP contribution in [-0.4, -0.2) is 17.5 Å². The van der Waals surface area contributed by atoms with Crippen molar-refractivity contribution in [3.8, 4) is 0 Å². The number of hydrogen-bond donors (Lipinski definition) is 2. The minimum Gasteiger partial charge on any atom is -0.378 e. The van der Waals surface area contributed by atoms with Crippen LogP contribution in [0.1, 0.15) is 12.5 Å². The second kappa shape index (κ2) is 4.75. The Morgan fingerprint density at radius 2 is 2.27 bits per heavy atom.